The number of benzene rings is 1. The maximum atomic E-state index is 13.3. The number of likely N-dealkylation sites (tertiary alicyclic amines) is 1. The van der Waals surface area contributed by atoms with Gasteiger partial charge in [-0.1, -0.05) is 18.2 Å². The van der Waals surface area contributed by atoms with Crippen LogP contribution in [0.1, 0.15) is 28.9 Å². The van der Waals surface area contributed by atoms with Gasteiger partial charge < -0.3 is 15.1 Å². The summed E-state index contributed by atoms with van der Waals surface area (Å²) in [5.74, 6) is 0.180. The Labute approximate surface area is 177 Å². The predicted molar refractivity (Wildman–Crippen MR) is 114 cm³/mol. The van der Waals surface area contributed by atoms with E-state index in [1.54, 1.807) is 0 Å². The molecule has 2 saturated heterocycles. The molecule has 0 saturated carbocycles. The zero-order valence-electron chi connectivity index (χ0n) is 15.9. The van der Waals surface area contributed by atoms with Gasteiger partial charge in [-0.15, -0.1) is 24.8 Å². The van der Waals surface area contributed by atoms with Crippen molar-refractivity contribution in [1.82, 2.24) is 20.1 Å². The lowest BCUT2D eigenvalue weighted by atomic mass is 10.0. The highest BCUT2D eigenvalue weighted by Crippen LogP contribution is 2.23. The number of nitrogens with zero attached hydrogens (tertiary/aromatic N) is 3. The van der Waals surface area contributed by atoms with Crippen molar-refractivity contribution in [3.63, 3.8) is 0 Å². The molecule has 0 aliphatic carbocycles. The number of para-hydroxylation sites is 1. The Balaban J connectivity index is 0.00000140. The molecule has 2 fully saturated rings. The summed E-state index contributed by atoms with van der Waals surface area (Å²) in [5, 5.41) is 4.00. The van der Waals surface area contributed by atoms with E-state index in [1.165, 1.54) is 0 Å². The van der Waals surface area contributed by atoms with Crippen LogP contribution in [-0.4, -0.2) is 65.4 Å². The van der Waals surface area contributed by atoms with Crippen molar-refractivity contribution in [2.45, 2.75) is 25.8 Å². The Morgan fingerprint density at radius 3 is 2.79 bits per heavy atom. The lowest BCUT2D eigenvalue weighted by molar-refractivity contribution is -0.135. The molecule has 28 heavy (non-hydrogen) atoms. The lowest BCUT2D eigenvalue weighted by Crippen LogP contribution is -2.57. The molecule has 152 valence electrons. The number of nitrogens with one attached hydrogen (secondary N) is 1. The molecule has 2 aliphatic heterocycles. The molecule has 8 heteroatoms. The zero-order chi connectivity index (χ0) is 18.1. The van der Waals surface area contributed by atoms with Gasteiger partial charge in [0.1, 0.15) is 0 Å². The molecule has 0 bridgehead atoms. The number of fused-ring (bicyclic) bond motifs is 1. The zero-order valence-corrected chi connectivity index (χ0v) is 17.5. The highest BCUT2D eigenvalue weighted by molar-refractivity contribution is 6.06. The standard InChI is InChI=1S/C20H24N4O2.2ClH/c1-14-11-17(16-6-2-3-7-18(16)22-14)20(26)23-9-4-5-15(13-23)24-10-8-21-12-19(24)25;;/h2-3,6-7,11,15,21H,4-5,8-10,12-13H2,1H3;2*1H. The summed E-state index contributed by atoms with van der Waals surface area (Å²) in [5.41, 5.74) is 2.40. The molecule has 2 aliphatic rings. The molecule has 6 nitrogen and oxygen atoms in total. The van der Waals surface area contributed by atoms with Crippen LogP contribution in [-0.2, 0) is 4.79 Å². The largest absolute Gasteiger partial charge is 0.337 e. The minimum atomic E-state index is 0. The molecule has 4 rings (SSSR count). The molecule has 0 spiro atoms. The maximum absolute atomic E-state index is 13.3. The molecule has 2 aromatic rings. The van der Waals surface area contributed by atoms with Crippen LogP contribution in [0.15, 0.2) is 30.3 Å². The van der Waals surface area contributed by atoms with Gasteiger partial charge in [-0.05, 0) is 31.9 Å². The van der Waals surface area contributed by atoms with Crippen molar-refractivity contribution in [1.29, 1.82) is 0 Å². The second-order valence-electron chi connectivity index (χ2n) is 7.14. The summed E-state index contributed by atoms with van der Waals surface area (Å²) in [6.07, 6.45) is 1.89. The average molecular weight is 425 g/mol. The van der Waals surface area contributed by atoms with Crippen LogP contribution in [0.4, 0.5) is 0 Å². The van der Waals surface area contributed by atoms with Gasteiger partial charge in [-0.25, -0.2) is 0 Å². The molecular formula is C20H26Cl2N4O2. The number of pyridine rings is 1. The number of aryl methyl sites for hydroxylation is 1. The number of hydrogen-bond acceptors (Lipinski definition) is 4. The molecule has 1 aromatic carbocycles. The van der Waals surface area contributed by atoms with Crippen molar-refractivity contribution in [3.8, 4) is 0 Å². The van der Waals surface area contributed by atoms with Crippen molar-refractivity contribution in [2.24, 2.45) is 0 Å². The Hall–Kier alpha value is -1.89. The first-order chi connectivity index (χ1) is 12.6. The SMILES string of the molecule is Cc1cc(C(=O)N2CCCC(N3CCNCC3=O)C2)c2ccccc2n1.Cl.Cl. The topological polar surface area (TPSA) is 65.5 Å². The summed E-state index contributed by atoms with van der Waals surface area (Å²) >= 11 is 0. The van der Waals surface area contributed by atoms with Crippen LogP contribution in [0.2, 0.25) is 0 Å². The normalized spacial score (nSPS) is 19.8. The number of aromatic nitrogens is 1. The third-order valence-electron chi connectivity index (χ3n) is 5.33. The minimum Gasteiger partial charge on any atom is -0.337 e. The Kier molecular flexibility index (Phi) is 7.63. The predicted octanol–water partition coefficient (Wildman–Crippen LogP) is 2.42. The van der Waals surface area contributed by atoms with E-state index >= 15 is 0 Å². The van der Waals surface area contributed by atoms with Crippen molar-refractivity contribution in [2.75, 3.05) is 32.7 Å². The minimum absolute atomic E-state index is 0. The van der Waals surface area contributed by atoms with E-state index in [1.807, 2.05) is 47.1 Å². The molecule has 1 aromatic heterocycles. The van der Waals surface area contributed by atoms with Crippen LogP contribution in [0, 0.1) is 6.92 Å². The smallest absolute Gasteiger partial charge is 0.254 e. The number of piperazine rings is 1. The molecule has 2 amide bonds. The van der Waals surface area contributed by atoms with E-state index < -0.39 is 0 Å². The fraction of sp³-hybridized carbons (Fsp3) is 0.450. The molecular weight excluding hydrogens is 399 g/mol. The fourth-order valence-electron chi connectivity index (χ4n) is 4.06. The summed E-state index contributed by atoms with van der Waals surface area (Å²) < 4.78 is 0. The van der Waals surface area contributed by atoms with E-state index in [4.69, 9.17) is 0 Å². The van der Waals surface area contributed by atoms with Crippen LogP contribution in [0.25, 0.3) is 10.9 Å². The Morgan fingerprint density at radius 2 is 2.00 bits per heavy atom. The van der Waals surface area contributed by atoms with Crippen LogP contribution >= 0.6 is 24.8 Å². The van der Waals surface area contributed by atoms with Gasteiger partial charge in [-0.3, -0.25) is 14.6 Å². The number of halogens is 2. The van der Waals surface area contributed by atoms with Gasteiger partial charge in [0.25, 0.3) is 5.91 Å². The number of hydrogen-bond donors (Lipinski definition) is 1. The quantitative estimate of drug-likeness (QED) is 0.803. The number of amides is 2. The van der Waals surface area contributed by atoms with Crippen LogP contribution < -0.4 is 5.32 Å². The van der Waals surface area contributed by atoms with E-state index in [0.717, 1.165) is 49.1 Å². The third kappa shape index (κ3) is 4.40. The van der Waals surface area contributed by atoms with Gasteiger partial charge in [0.15, 0.2) is 0 Å². The molecule has 3 heterocycles. The number of carbonyl (C=O) groups is 2. The maximum Gasteiger partial charge on any atom is 0.254 e. The molecule has 0 radical (unpaired) electrons. The molecule has 1 atom stereocenters. The summed E-state index contributed by atoms with van der Waals surface area (Å²) in [7, 11) is 0. The monoisotopic (exact) mass is 424 g/mol. The Bertz CT molecular complexity index is 861. The van der Waals surface area contributed by atoms with Gasteiger partial charge in [0.2, 0.25) is 5.91 Å². The Morgan fingerprint density at radius 1 is 1.21 bits per heavy atom. The summed E-state index contributed by atoms with van der Waals surface area (Å²) in [6.45, 7) is 5.22. The van der Waals surface area contributed by atoms with E-state index in [0.29, 0.717) is 18.7 Å². The lowest BCUT2D eigenvalue weighted by Gasteiger charge is -2.41. The van der Waals surface area contributed by atoms with Gasteiger partial charge in [0.05, 0.1) is 17.6 Å². The van der Waals surface area contributed by atoms with Gasteiger partial charge in [0, 0.05) is 43.3 Å². The second kappa shape index (κ2) is 9.54. The number of carbonyl (C=O) groups excluding carboxylic acids is 2. The van der Waals surface area contributed by atoms with Gasteiger partial charge >= 0.3 is 0 Å². The summed E-state index contributed by atoms with van der Waals surface area (Å²) in [6, 6.07) is 9.78. The summed E-state index contributed by atoms with van der Waals surface area (Å²) in [4.78, 5) is 33.9. The first-order valence-electron chi connectivity index (χ1n) is 9.29. The van der Waals surface area contributed by atoms with E-state index in [-0.39, 0.29) is 42.7 Å². The van der Waals surface area contributed by atoms with Gasteiger partial charge in [-0.2, -0.15) is 0 Å². The van der Waals surface area contributed by atoms with E-state index in [9.17, 15) is 9.59 Å². The number of piperidine rings is 1. The highest BCUT2D eigenvalue weighted by atomic mass is 35.5. The average Bonchev–Trinajstić information content (AvgIpc) is 2.67. The first-order valence-corrected chi connectivity index (χ1v) is 9.29. The molecule has 1 N–H and O–H groups in total. The van der Waals surface area contributed by atoms with Crippen LogP contribution in [0.5, 0.6) is 0 Å². The van der Waals surface area contributed by atoms with Crippen molar-refractivity contribution < 1.29 is 9.59 Å². The van der Waals surface area contributed by atoms with E-state index in [2.05, 4.69) is 10.3 Å². The molecule has 1 unspecified atom stereocenters. The number of rotatable bonds is 2. The first kappa shape index (κ1) is 22.4. The highest BCUT2D eigenvalue weighted by Gasteiger charge is 2.32. The second-order valence-corrected chi connectivity index (χ2v) is 7.14. The third-order valence-corrected chi connectivity index (χ3v) is 5.33. The van der Waals surface area contributed by atoms with Crippen molar-refractivity contribution in [3.05, 3.63) is 41.6 Å². The van der Waals surface area contributed by atoms with Crippen molar-refractivity contribution >= 4 is 47.5 Å². The van der Waals surface area contributed by atoms with Crippen LogP contribution in [0.3, 0.4) is 0 Å². The fourth-order valence-corrected chi connectivity index (χ4v) is 4.06.